The predicted octanol–water partition coefficient (Wildman–Crippen LogP) is 7.15. The average molecular weight is 451 g/mol. The lowest BCUT2D eigenvalue weighted by Crippen LogP contribution is -2.45. The molecule has 1 heterocycles. The maximum Gasteiger partial charge on any atom is 0.306 e. The van der Waals surface area contributed by atoms with Crippen molar-refractivity contribution in [2.45, 2.75) is 136 Å². The standard InChI is InChI=1S/C28H50O4/c1-20(10-7-16-27(5,31)17-9-12-22(3)26(29)30)11-8-18-28(6)19-15-24-14-13-21(2)23(4)25(24)32-28/h14,20-23,25,31H,7-13,15-19H2,1-6H3,(H,29,30). The Balaban J connectivity index is 1.64. The first-order chi connectivity index (χ1) is 14.9. The molecule has 2 rings (SSSR count). The monoisotopic (exact) mass is 450 g/mol. The van der Waals surface area contributed by atoms with Crippen LogP contribution in [0.5, 0.6) is 0 Å². The fourth-order valence-corrected chi connectivity index (χ4v) is 5.53. The molecule has 0 aromatic rings. The molecule has 1 fully saturated rings. The molecule has 7 atom stereocenters. The van der Waals surface area contributed by atoms with E-state index in [-0.39, 0.29) is 11.5 Å². The molecule has 1 aliphatic carbocycles. The Kier molecular flexibility index (Phi) is 10.3. The van der Waals surface area contributed by atoms with Crippen molar-refractivity contribution in [1.29, 1.82) is 0 Å². The van der Waals surface area contributed by atoms with Crippen molar-refractivity contribution in [2.75, 3.05) is 0 Å². The highest BCUT2D eigenvalue weighted by atomic mass is 16.5. The van der Waals surface area contributed by atoms with Crippen LogP contribution in [0.15, 0.2) is 11.6 Å². The lowest BCUT2D eigenvalue weighted by atomic mass is 9.74. The van der Waals surface area contributed by atoms with Gasteiger partial charge in [0.1, 0.15) is 0 Å². The van der Waals surface area contributed by atoms with Crippen LogP contribution in [-0.2, 0) is 9.53 Å². The number of carboxylic acids is 1. The summed E-state index contributed by atoms with van der Waals surface area (Å²) in [5.74, 6) is 0.922. The molecule has 0 aromatic heterocycles. The van der Waals surface area contributed by atoms with Crippen molar-refractivity contribution in [3.63, 3.8) is 0 Å². The van der Waals surface area contributed by atoms with Gasteiger partial charge in [0.25, 0.3) is 0 Å². The average Bonchev–Trinajstić information content (AvgIpc) is 2.70. The van der Waals surface area contributed by atoms with E-state index in [2.05, 4.69) is 33.8 Å². The van der Waals surface area contributed by atoms with E-state index in [0.717, 1.165) is 38.5 Å². The van der Waals surface area contributed by atoms with Gasteiger partial charge in [-0.1, -0.05) is 59.5 Å². The van der Waals surface area contributed by atoms with Crippen molar-refractivity contribution >= 4 is 5.97 Å². The van der Waals surface area contributed by atoms with E-state index in [1.807, 2.05) is 6.92 Å². The third-order valence-electron chi connectivity index (χ3n) is 8.44. The first-order valence-electron chi connectivity index (χ1n) is 13.2. The number of rotatable bonds is 13. The van der Waals surface area contributed by atoms with Crippen LogP contribution < -0.4 is 0 Å². The smallest absolute Gasteiger partial charge is 0.306 e. The zero-order valence-corrected chi connectivity index (χ0v) is 21.7. The van der Waals surface area contributed by atoms with Crippen LogP contribution in [0.4, 0.5) is 0 Å². The van der Waals surface area contributed by atoms with Crippen LogP contribution in [0.2, 0.25) is 0 Å². The summed E-state index contributed by atoms with van der Waals surface area (Å²) in [7, 11) is 0. The van der Waals surface area contributed by atoms with Crippen molar-refractivity contribution in [1.82, 2.24) is 0 Å². The van der Waals surface area contributed by atoms with Gasteiger partial charge in [0.05, 0.1) is 23.2 Å². The van der Waals surface area contributed by atoms with E-state index < -0.39 is 11.6 Å². The Morgan fingerprint density at radius 2 is 1.81 bits per heavy atom. The fourth-order valence-electron chi connectivity index (χ4n) is 5.53. The van der Waals surface area contributed by atoms with Gasteiger partial charge < -0.3 is 14.9 Å². The molecule has 1 aliphatic heterocycles. The Hall–Kier alpha value is -0.870. The van der Waals surface area contributed by atoms with E-state index in [1.54, 1.807) is 12.5 Å². The second-order valence-corrected chi connectivity index (χ2v) is 11.9. The number of fused-ring (bicyclic) bond motifs is 1. The molecule has 2 aliphatic rings. The van der Waals surface area contributed by atoms with Crippen LogP contribution in [0, 0.1) is 23.7 Å². The number of aliphatic carboxylic acids is 1. The Morgan fingerprint density at radius 1 is 1.19 bits per heavy atom. The minimum atomic E-state index is -0.745. The van der Waals surface area contributed by atoms with Gasteiger partial charge in [-0.05, 0) is 88.5 Å². The first kappa shape index (κ1) is 27.4. The SMILES string of the molecule is CC(CCCC(C)(O)CCCC(C)C(=O)O)CCCC1(C)CCC2=CCC(C)C(C)C2O1. The molecule has 32 heavy (non-hydrogen) atoms. The molecule has 186 valence electrons. The van der Waals surface area contributed by atoms with Gasteiger partial charge in [-0.3, -0.25) is 4.79 Å². The summed E-state index contributed by atoms with van der Waals surface area (Å²) in [5, 5.41) is 19.6. The van der Waals surface area contributed by atoms with Crippen LogP contribution in [-0.4, -0.2) is 33.5 Å². The summed E-state index contributed by atoms with van der Waals surface area (Å²) in [6.45, 7) is 13.0. The zero-order valence-electron chi connectivity index (χ0n) is 21.7. The number of ether oxygens (including phenoxy) is 1. The van der Waals surface area contributed by atoms with Gasteiger partial charge in [0.15, 0.2) is 0 Å². The molecule has 0 saturated carbocycles. The van der Waals surface area contributed by atoms with E-state index in [4.69, 9.17) is 9.84 Å². The molecule has 0 amide bonds. The van der Waals surface area contributed by atoms with Crippen molar-refractivity contribution in [3.05, 3.63) is 11.6 Å². The maximum absolute atomic E-state index is 10.9. The van der Waals surface area contributed by atoms with Crippen molar-refractivity contribution in [2.24, 2.45) is 23.7 Å². The van der Waals surface area contributed by atoms with Crippen LogP contribution in [0.25, 0.3) is 0 Å². The summed E-state index contributed by atoms with van der Waals surface area (Å²) in [6, 6.07) is 0. The molecule has 7 unspecified atom stereocenters. The lowest BCUT2D eigenvalue weighted by Gasteiger charge is -2.46. The highest BCUT2D eigenvalue weighted by Gasteiger charge is 2.40. The van der Waals surface area contributed by atoms with Gasteiger partial charge in [-0.25, -0.2) is 0 Å². The molecule has 4 nitrogen and oxygen atoms in total. The van der Waals surface area contributed by atoms with Crippen molar-refractivity contribution < 1.29 is 19.7 Å². The number of hydrogen-bond donors (Lipinski definition) is 2. The predicted molar refractivity (Wildman–Crippen MR) is 132 cm³/mol. The van der Waals surface area contributed by atoms with Crippen molar-refractivity contribution in [3.8, 4) is 0 Å². The molecule has 0 bridgehead atoms. The summed E-state index contributed by atoms with van der Waals surface area (Å²) in [4.78, 5) is 10.9. The molecule has 0 spiro atoms. The Labute approximate surface area is 197 Å². The number of carboxylic acid groups (broad SMARTS) is 1. The van der Waals surface area contributed by atoms with Crippen LogP contribution in [0.1, 0.15) is 119 Å². The topological polar surface area (TPSA) is 66.8 Å². The van der Waals surface area contributed by atoms with E-state index in [1.165, 1.54) is 25.7 Å². The number of aliphatic hydroxyl groups is 1. The highest BCUT2D eigenvalue weighted by molar-refractivity contribution is 5.69. The van der Waals surface area contributed by atoms with Gasteiger partial charge in [-0.15, -0.1) is 0 Å². The highest BCUT2D eigenvalue weighted by Crippen LogP contribution is 2.43. The molecular formula is C28H50O4. The quantitative estimate of drug-likeness (QED) is 0.292. The largest absolute Gasteiger partial charge is 0.481 e. The fraction of sp³-hybridized carbons (Fsp3) is 0.893. The molecule has 0 aromatic carbocycles. The molecule has 0 radical (unpaired) electrons. The molecule has 1 saturated heterocycles. The first-order valence-corrected chi connectivity index (χ1v) is 13.2. The second kappa shape index (κ2) is 12.0. The number of hydrogen-bond acceptors (Lipinski definition) is 3. The third kappa shape index (κ3) is 8.48. The third-order valence-corrected chi connectivity index (χ3v) is 8.44. The normalized spacial score (nSPS) is 31.8. The molecular weight excluding hydrogens is 400 g/mol. The van der Waals surface area contributed by atoms with Crippen LogP contribution >= 0.6 is 0 Å². The molecule has 2 N–H and O–H groups in total. The van der Waals surface area contributed by atoms with E-state index in [9.17, 15) is 9.90 Å². The summed E-state index contributed by atoms with van der Waals surface area (Å²) in [5.41, 5.74) is 0.885. The Bertz CT molecular complexity index is 625. The van der Waals surface area contributed by atoms with E-state index >= 15 is 0 Å². The minimum Gasteiger partial charge on any atom is -0.481 e. The number of allylic oxidation sites excluding steroid dienone is 1. The molecule has 4 heteroatoms. The van der Waals surface area contributed by atoms with E-state index in [0.29, 0.717) is 36.7 Å². The summed E-state index contributed by atoms with van der Waals surface area (Å²) >= 11 is 0. The second-order valence-electron chi connectivity index (χ2n) is 11.9. The number of carbonyl (C=O) groups is 1. The van der Waals surface area contributed by atoms with Crippen LogP contribution in [0.3, 0.4) is 0 Å². The zero-order chi connectivity index (χ0) is 23.9. The van der Waals surface area contributed by atoms with Gasteiger partial charge >= 0.3 is 5.97 Å². The van der Waals surface area contributed by atoms with Gasteiger partial charge in [-0.2, -0.15) is 0 Å². The minimum absolute atomic E-state index is 0.0177. The Morgan fingerprint density at radius 3 is 2.47 bits per heavy atom. The summed E-state index contributed by atoms with van der Waals surface area (Å²) in [6.07, 6.45) is 15.0. The van der Waals surface area contributed by atoms with Gasteiger partial charge in [0.2, 0.25) is 0 Å². The summed E-state index contributed by atoms with van der Waals surface area (Å²) < 4.78 is 6.70. The van der Waals surface area contributed by atoms with Gasteiger partial charge in [0, 0.05) is 0 Å². The lowest BCUT2D eigenvalue weighted by molar-refractivity contribution is -0.141. The maximum atomic E-state index is 10.9.